The molecule has 0 saturated carbocycles. The van der Waals surface area contributed by atoms with Crippen molar-refractivity contribution in [2.75, 3.05) is 12.4 Å². The van der Waals surface area contributed by atoms with Crippen LogP contribution in [0.4, 0.5) is 5.69 Å². The summed E-state index contributed by atoms with van der Waals surface area (Å²) in [7, 11) is 1.30. The number of esters is 1. The summed E-state index contributed by atoms with van der Waals surface area (Å²) >= 11 is 5.87. The van der Waals surface area contributed by atoms with Crippen LogP contribution in [0.3, 0.4) is 0 Å². The van der Waals surface area contributed by atoms with Gasteiger partial charge in [0.25, 0.3) is 5.91 Å². The van der Waals surface area contributed by atoms with Crippen LogP contribution >= 0.6 is 11.6 Å². The molecule has 0 fully saturated rings. The molecule has 0 radical (unpaired) electrons. The van der Waals surface area contributed by atoms with E-state index in [-0.39, 0.29) is 5.91 Å². The van der Waals surface area contributed by atoms with E-state index in [1.54, 1.807) is 49.4 Å². The highest BCUT2D eigenvalue weighted by Gasteiger charge is 2.16. The lowest BCUT2D eigenvalue weighted by Gasteiger charge is -2.15. The van der Waals surface area contributed by atoms with Crippen LogP contribution in [0, 0.1) is 0 Å². The Morgan fingerprint density at radius 3 is 2.57 bits per heavy atom. The molecule has 0 aromatic heterocycles. The predicted molar refractivity (Wildman–Crippen MR) is 88.0 cm³/mol. The highest BCUT2D eigenvalue weighted by Crippen LogP contribution is 2.18. The van der Waals surface area contributed by atoms with Crippen molar-refractivity contribution in [2.24, 2.45) is 0 Å². The number of rotatable bonds is 5. The average molecular weight is 334 g/mol. The lowest BCUT2D eigenvalue weighted by molar-refractivity contribution is -0.122. The van der Waals surface area contributed by atoms with Crippen LogP contribution in [-0.4, -0.2) is 25.1 Å². The largest absolute Gasteiger partial charge is 0.481 e. The maximum absolute atomic E-state index is 12.1. The minimum absolute atomic E-state index is 0.323. The Bertz CT molecular complexity index is 717. The summed E-state index contributed by atoms with van der Waals surface area (Å²) in [6.45, 7) is 1.62. The van der Waals surface area contributed by atoms with Crippen LogP contribution in [0.15, 0.2) is 48.5 Å². The van der Waals surface area contributed by atoms with E-state index in [4.69, 9.17) is 16.3 Å². The van der Waals surface area contributed by atoms with E-state index in [2.05, 4.69) is 10.1 Å². The zero-order valence-electron chi connectivity index (χ0n) is 12.7. The number of carbonyl (C=O) groups is 2. The van der Waals surface area contributed by atoms with Crippen LogP contribution in [0.5, 0.6) is 5.75 Å². The summed E-state index contributed by atoms with van der Waals surface area (Å²) < 4.78 is 10.2. The Morgan fingerprint density at radius 1 is 1.13 bits per heavy atom. The summed E-state index contributed by atoms with van der Waals surface area (Å²) in [5, 5.41) is 3.24. The van der Waals surface area contributed by atoms with E-state index in [0.29, 0.717) is 22.0 Å². The monoisotopic (exact) mass is 333 g/mol. The third-order valence-electron chi connectivity index (χ3n) is 3.03. The second kappa shape index (κ2) is 7.65. The smallest absolute Gasteiger partial charge is 0.337 e. The SMILES string of the molecule is COC(=O)c1cccc(O[C@@H](C)C(=O)Nc2cccc(Cl)c2)c1. The normalized spacial score (nSPS) is 11.4. The van der Waals surface area contributed by atoms with Crippen LogP contribution in [0.2, 0.25) is 5.02 Å². The fourth-order valence-corrected chi connectivity index (χ4v) is 2.07. The molecule has 2 rings (SSSR count). The van der Waals surface area contributed by atoms with Crippen molar-refractivity contribution in [1.29, 1.82) is 0 Å². The number of carbonyl (C=O) groups excluding carboxylic acids is 2. The minimum Gasteiger partial charge on any atom is -0.481 e. The van der Waals surface area contributed by atoms with E-state index in [0.717, 1.165) is 0 Å². The number of amides is 1. The average Bonchev–Trinajstić information content (AvgIpc) is 2.54. The van der Waals surface area contributed by atoms with Crippen molar-refractivity contribution in [3.8, 4) is 5.75 Å². The van der Waals surface area contributed by atoms with Gasteiger partial charge in [-0.2, -0.15) is 0 Å². The molecule has 0 saturated heterocycles. The van der Waals surface area contributed by atoms with Crippen molar-refractivity contribution in [1.82, 2.24) is 0 Å². The van der Waals surface area contributed by atoms with Crippen LogP contribution in [-0.2, 0) is 9.53 Å². The van der Waals surface area contributed by atoms with Gasteiger partial charge in [0.15, 0.2) is 6.10 Å². The quantitative estimate of drug-likeness (QED) is 0.850. The number of nitrogens with one attached hydrogen (secondary N) is 1. The number of hydrogen-bond acceptors (Lipinski definition) is 4. The molecule has 5 nitrogen and oxygen atoms in total. The second-order valence-electron chi connectivity index (χ2n) is 4.78. The zero-order chi connectivity index (χ0) is 16.8. The zero-order valence-corrected chi connectivity index (χ0v) is 13.5. The van der Waals surface area contributed by atoms with Gasteiger partial charge in [-0.25, -0.2) is 4.79 Å². The number of ether oxygens (including phenoxy) is 2. The molecule has 0 heterocycles. The van der Waals surface area contributed by atoms with Gasteiger partial charge >= 0.3 is 5.97 Å². The molecule has 0 aliphatic heterocycles. The summed E-state index contributed by atoms with van der Waals surface area (Å²) in [6, 6.07) is 13.3. The lowest BCUT2D eigenvalue weighted by Crippen LogP contribution is -2.30. The second-order valence-corrected chi connectivity index (χ2v) is 5.22. The highest BCUT2D eigenvalue weighted by atomic mass is 35.5. The molecule has 0 spiro atoms. The van der Waals surface area contributed by atoms with E-state index < -0.39 is 12.1 Å². The Labute approximate surface area is 139 Å². The predicted octanol–water partition coefficient (Wildman–Crippen LogP) is 3.53. The molecule has 0 unspecified atom stereocenters. The first-order valence-electron chi connectivity index (χ1n) is 6.91. The Morgan fingerprint density at radius 2 is 1.87 bits per heavy atom. The highest BCUT2D eigenvalue weighted by molar-refractivity contribution is 6.30. The molecule has 0 bridgehead atoms. The van der Waals surface area contributed by atoms with Gasteiger partial charge < -0.3 is 14.8 Å². The number of hydrogen-bond donors (Lipinski definition) is 1. The molecule has 2 aromatic carbocycles. The number of benzene rings is 2. The van der Waals surface area contributed by atoms with E-state index in [1.165, 1.54) is 13.2 Å². The summed E-state index contributed by atoms with van der Waals surface area (Å²) in [6.07, 6.45) is -0.748. The van der Waals surface area contributed by atoms with Gasteiger partial charge in [0.2, 0.25) is 0 Å². The summed E-state index contributed by atoms with van der Waals surface area (Å²) in [4.78, 5) is 23.6. The summed E-state index contributed by atoms with van der Waals surface area (Å²) in [5.74, 6) is -0.385. The number of anilines is 1. The number of methoxy groups -OCH3 is 1. The Hall–Kier alpha value is -2.53. The van der Waals surface area contributed by atoms with Crippen LogP contribution in [0.25, 0.3) is 0 Å². The molecule has 1 atom stereocenters. The maximum Gasteiger partial charge on any atom is 0.337 e. The third kappa shape index (κ3) is 4.72. The molecular formula is C17H16ClNO4. The standard InChI is InChI=1S/C17H16ClNO4/c1-11(16(20)19-14-7-4-6-13(18)10-14)23-15-8-3-5-12(9-15)17(21)22-2/h3-11H,1-2H3,(H,19,20)/t11-/m0/s1. The van der Waals surface area contributed by atoms with Gasteiger partial charge in [-0.1, -0.05) is 23.7 Å². The fraction of sp³-hybridized carbons (Fsp3) is 0.176. The van der Waals surface area contributed by atoms with Gasteiger partial charge in [-0.3, -0.25) is 4.79 Å². The minimum atomic E-state index is -0.748. The molecule has 23 heavy (non-hydrogen) atoms. The Kier molecular flexibility index (Phi) is 5.60. The molecule has 0 aliphatic rings. The Balaban J connectivity index is 2.02. The van der Waals surface area contributed by atoms with Crippen LogP contribution < -0.4 is 10.1 Å². The lowest BCUT2D eigenvalue weighted by atomic mass is 10.2. The number of halogens is 1. The van der Waals surface area contributed by atoms with Crippen molar-refractivity contribution in [3.05, 3.63) is 59.1 Å². The van der Waals surface area contributed by atoms with Crippen molar-refractivity contribution < 1.29 is 19.1 Å². The fourth-order valence-electron chi connectivity index (χ4n) is 1.88. The van der Waals surface area contributed by atoms with Gasteiger partial charge in [-0.15, -0.1) is 0 Å². The van der Waals surface area contributed by atoms with E-state index in [9.17, 15) is 9.59 Å². The molecule has 6 heteroatoms. The van der Waals surface area contributed by atoms with Crippen molar-refractivity contribution in [2.45, 2.75) is 13.0 Å². The molecule has 1 N–H and O–H groups in total. The van der Waals surface area contributed by atoms with Crippen molar-refractivity contribution >= 4 is 29.2 Å². The van der Waals surface area contributed by atoms with Gasteiger partial charge in [-0.05, 0) is 43.3 Å². The molecule has 1 amide bonds. The molecule has 2 aromatic rings. The van der Waals surface area contributed by atoms with Crippen molar-refractivity contribution in [3.63, 3.8) is 0 Å². The first-order valence-corrected chi connectivity index (χ1v) is 7.29. The van der Waals surface area contributed by atoms with Gasteiger partial charge in [0.05, 0.1) is 12.7 Å². The first-order chi connectivity index (χ1) is 11.0. The van der Waals surface area contributed by atoms with Gasteiger partial charge in [0.1, 0.15) is 5.75 Å². The third-order valence-corrected chi connectivity index (χ3v) is 3.26. The molecule has 0 aliphatic carbocycles. The molecule has 120 valence electrons. The van der Waals surface area contributed by atoms with Gasteiger partial charge in [0, 0.05) is 10.7 Å². The maximum atomic E-state index is 12.1. The van der Waals surface area contributed by atoms with Crippen LogP contribution in [0.1, 0.15) is 17.3 Å². The summed E-state index contributed by atoms with van der Waals surface area (Å²) in [5.41, 5.74) is 0.939. The topological polar surface area (TPSA) is 64.6 Å². The van der Waals surface area contributed by atoms with E-state index >= 15 is 0 Å². The van der Waals surface area contributed by atoms with E-state index in [1.807, 2.05) is 0 Å². The molecular weight excluding hydrogens is 318 g/mol. The first kappa shape index (κ1) is 16.8.